The van der Waals surface area contributed by atoms with Gasteiger partial charge in [0, 0.05) is 13.1 Å². The van der Waals surface area contributed by atoms with Crippen molar-refractivity contribution in [2.75, 3.05) is 47.0 Å². The van der Waals surface area contributed by atoms with Crippen LogP contribution in [-0.2, 0) is 6.42 Å². The maximum absolute atomic E-state index is 6.22. The highest BCUT2D eigenvalue weighted by molar-refractivity contribution is 5.56. The molecule has 0 amide bonds. The van der Waals surface area contributed by atoms with Crippen molar-refractivity contribution in [3.8, 4) is 17.2 Å². The minimum atomic E-state index is 0.129. The molecule has 0 aliphatic carbocycles. The molecule has 0 fully saturated rings. The standard InChI is InChI=1S/C26H38N2O3/c1-8-28(9-2)12-13-31-24-16-21-20(15-23(24)30-7)10-11-27-26(21)25-17(3)14-22(29-6)18(4)19(25)5/h14-16,26-27H,8-13H2,1-7H3. The molecule has 0 saturated carbocycles. The van der Waals surface area contributed by atoms with Gasteiger partial charge >= 0.3 is 0 Å². The van der Waals surface area contributed by atoms with Gasteiger partial charge in [0.2, 0.25) is 0 Å². The summed E-state index contributed by atoms with van der Waals surface area (Å²) in [5.74, 6) is 2.59. The Hall–Kier alpha value is -2.24. The molecule has 5 heteroatoms. The van der Waals surface area contributed by atoms with Gasteiger partial charge in [-0.1, -0.05) is 13.8 Å². The van der Waals surface area contributed by atoms with Gasteiger partial charge in [-0.3, -0.25) is 0 Å². The zero-order valence-electron chi connectivity index (χ0n) is 20.2. The topological polar surface area (TPSA) is 43.0 Å². The number of methoxy groups -OCH3 is 2. The highest BCUT2D eigenvalue weighted by atomic mass is 16.5. The van der Waals surface area contributed by atoms with Gasteiger partial charge in [-0.15, -0.1) is 0 Å². The smallest absolute Gasteiger partial charge is 0.161 e. The van der Waals surface area contributed by atoms with E-state index < -0.39 is 0 Å². The van der Waals surface area contributed by atoms with Gasteiger partial charge in [-0.25, -0.2) is 0 Å². The lowest BCUT2D eigenvalue weighted by Gasteiger charge is -2.31. The van der Waals surface area contributed by atoms with E-state index in [0.717, 1.165) is 49.8 Å². The van der Waals surface area contributed by atoms with E-state index in [2.05, 4.69) is 63.0 Å². The van der Waals surface area contributed by atoms with E-state index in [1.165, 1.54) is 33.4 Å². The second-order valence-electron chi connectivity index (χ2n) is 8.27. The molecule has 1 aliphatic rings. The first kappa shape index (κ1) is 23.4. The summed E-state index contributed by atoms with van der Waals surface area (Å²) in [6.45, 7) is 15.4. The van der Waals surface area contributed by atoms with Crippen LogP contribution in [0.3, 0.4) is 0 Å². The minimum absolute atomic E-state index is 0.129. The number of hydrogen-bond donors (Lipinski definition) is 1. The number of rotatable bonds is 9. The number of likely N-dealkylation sites (N-methyl/N-ethyl adjacent to an activating group) is 1. The van der Waals surface area contributed by atoms with Crippen molar-refractivity contribution < 1.29 is 14.2 Å². The number of fused-ring (bicyclic) bond motifs is 1. The van der Waals surface area contributed by atoms with Crippen molar-refractivity contribution in [3.05, 3.63) is 51.6 Å². The Morgan fingerprint density at radius 2 is 1.65 bits per heavy atom. The summed E-state index contributed by atoms with van der Waals surface area (Å²) in [6, 6.07) is 6.63. The van der Waals surface area contributed by atoms with E-state index in [1.807, 2.05) is 0 Å². The summed E-state index contributed by atoms with van der Waals surface area (Å²) in [6.07, 6.45) is 0.981. The molecular formula is C26H38N2O3. The van der Waals surface area contributed by atoms with Crippen LogP contribution in [0.5, 0.6) is 17.2 Å². The number of aryl methyl sites for hydroxylation is 1. The molecule has 1 N–H and O–H groups in total. The largest absolute Gasteiger partial charge is 0.496 e. The summed E-state index contributed by atoms with van der Waals surface area (Å²) < 4.78 is 17.5. The monoisotopic (exact) mass is 426 g/mol. The number of hydrogen-bond acceptors (Lipinski definition) is 5. The number of ether oxygens (including phenoxy) is 3. The van der Waals surface area contributed by atoms with Crippen LogP contribution in [-0.4, -0.2) is 51.9 Å². The third kappa shape index (κ3) is 4.83. The third-order valence-corrected chi connectivity index (χ3v) is 6.66. The van der Waals surface area contributed by atoms with Crippen molar-refractivity contribution in [1.82, 2.24) is 10.2 Å². The van der Waals surface area contributed by atoms with Gasteiger partial charge < -0.3 is 24.4 Å². The molecule has 1 unspecified atom stereocenters. The SMILES string of the molecule is CCN(CC)CCOc1cc2c(cc1OC)CCNC2c1c(C)cc(OC)c(C)c1C. The molecule has 1 atom stereocenters. The Bertz CT molecular complexity index is 906. The summed E-state index contributed by atoms with van der Waals surface area (Å²) in [7, 11) is 3.46. The fourth-order valence-corrected chi connectivity index (χ4v) is 4.64. The molecular weight excluding hydrogens is 388 g/mol. The fraction of sp³-hybridized carbons (Fsp3) is 0.538. The minimum Gasteiger partial charge on any atom is -0.496 e. The first-order chi connectivity index (χ1) is 14.9. The zero-order valence-corrected chi connectivity index (χ0v) is 20.2. The normalized spacial score (nSPS) is 15.7. The van der Waals surface area contributed by atoms with Crippen LogP contribution in [0.2, 0.25) is 0 Å². The number of nitrogens with one attached hydrogen (secondary N) is 1. The van der Waals surface area contributed by atoms with Gasteiger partial charge in [0.05, 0.1) is 20.3 Å². The van der Waals surface area contributed by atoms with Gasteiger partial charge in [-0.2, -0.15) is 0 Å². The molecule has 3 rings (SSSR count). The van der Waals surface area contributed by atoms with E-state index >= 15 is 0 Å². The Kier molecular flexibility index (Phi) is 7.84. The Labute approximate surface area is 187 Å². The molecule has 0 aromatic heterocycles. The predicted molar refractivity (Wildman–Crippen MR) is 127 cm³/mol. The van der Waals surface area contributed by atoms with Crippen LogP contribution in [0.4, 0.5) is 0 Å². The van der Waals surface area contributed by atoms with Crippen molar-refractivity contribution >= 4 is 0 Å². The van der Waals surface area contributed by atoms with E-state index in [4.69, 9.17) is 14.2 Å². The molecule has 31 heavy (non-hydrogen) atoms. The molecule has 0 bridgehead atoms. The second kappa shape index (κ2) is 10.4. The molecule has 5 nitrogen and oxygen atoms in total. The predicted octanol–water partition coefficient (Wildman–Crippen LogP) is 4.58. The molecule has 2 aromatic carbocycles. The molecule has 1 aliphatic heterocycles. The van der Waals surface area contributed by atoms with Crippen LogP contribution in [0.15, 0.2) is 18.2 Å². The summed E-state index contributed by atoms with van der Waals surface area (Å²) >= 11 is 0. The van der Waals surface area contributed by atoms with Crippen molar-refractivity contribution in [2.24, 2.45) is 0 Å². The fourth-order valence-electron chi connectivity index (χ4n) is 4.64. The quantitative estimate of drug-likeness (QED) is 0.636. The average Bonchev–Trinajstić information content (AvgIpc) is 2.78. The molecule has 0 spiro atoms. The molecule has 170 valence electrons. The lowest BCUT2D eigenvalue weighted by molar-refractivity contribution is 0.217. The maximum Gasteiger partial charge on any atom is 0.161 e. The highest BCUT2D eigenvalue weighted by Crippen LogP contribution is 2.41. The second-order valence-corrected chi connectivity index (χ2v) is 8.27. The van der Waals surface area contributed by atoms with Gasteiger partial charge in [0.25, 0.3) is 0 Å². The van der Waals surface area contributed by atoms with Gasteiger partial charge in [0.1, 0.15) is 12.4 Å². The Balaban J connectivity index is 1.98. The summed E-state index contributed by atoms with van der Waals surface area (Å²) in [5, 5.41) is 3.75. The zero-order chi connectivity index (χ0) is 22.5. The van der Waals surface area contributed by atoms with E-state index in [1.54, 1.807) is 14.2 Å². The molecule has 1 heterocycles. The third-order valence-electron chi connectivity index (χ3n) is 6.66. The van der Waals surface area contributed by atoms with Crippen molar-refractivity contribution in [2.45, 2.75) is 47.1 Å². The summed E-state index contributed by atoms with van der Waals surface area (Å²) in [4.78, 5) is 2.36. The molecule has 0 radical (unpaired) electrons. The van der Waals surface area contributed by atoms with Gasteiger partial charge in [-0.05, 0) is 91.9 Å². The van der Waals surface area contributed by atoms with Crippen molar-refractivity contribution in [3.63, 3.8) is 0 Å². The van der Waals surface area contributed by atoms with Crippen LogP contribution < -0.4 is 19.5 Å². The van der Waals surface area contributed by atoms with E-state index in [0.29, 0.717) is 6.61 Å². The van der Waals surface area contributed by atoms with Crippen LogP contribution >= 0.6 is 0 Å². The summed E-state index contributed by atoms with van der Waals surface area (Å²) in [5.41, 5.74) is 7.65. The van der Waals surface area contributed by atoms with Crippen LogP contribution in [0.1, 0.15) is 53.3 Å². The van der Waals surface area contributed by atoms with Crippen molar-refractivity contribution in [1.29, 1.82) is 0 Å². The number of benzene rings is 2. The van der Waals surface area contributed by atoms with Gasteiger partial charge in [0.15, 0.2) is 11.5 Å². The highest BCUT2D eigenvalue weighted by Gasteiger charge is 2.27. The average molecular weight is 427 g/mol. The molecule has 0 saturated heterocycles. The lowest BCUT2D eigenvalue weighted by Crippen LogP contribution is -2.32. The Morgan fingerprint density at radius 3 is 2.29 bits per heavy atom. The molecule has 2 aromatic rings. The van der Waals surface area contributed by atoms with E-state index in [9.17, 15) is 0 Å². The van der Waals surface area contributed by atoms with E-state index in [-0.39, 0.29) is 6.04 Å². The number of nitrogens with zero attached hydrogens (tertiary/aromatic N) is 1. The first-order valence-corrected chi connectivity index (χ1v) is 11.4. The van der Waals surface area contributed by atoms with Crippen LogP contribution in [0, 0.1) is 20.8 Å². The Morgan fingerprint density at radius 1 is 0.935 bits per heavy atom. The first-order valence-electron chi connectivity index (χ1n) is 11.4. The lowest BCUT2D eigenvalue weighted by atomic mass is 9.84. The maximum atomic E-state index is 6.22. The van der Waals surface area contributed by atoms with Crippen LogP contribution in [0.25, 0.3) is 0 Å².